The molecule has 95 heavy (non-hydrogen) atoms. The van der Waals surface area contributed by atoms with E-state index in [0.717, 1.165) is 101 Å². The molecule has 2 nitrogen and oxygen atoms in total. The lowest BCUT2D eigenvalue weighted by Gasteiger charge is -2.46. The lowest BCUT2D eigenvalue weighted by Crippen LogP contribution is -2.61. The smallest absolute Gasteiger partial charge is 0.252 e. The highest BCUT2D eigenvalue weighted by Crippen LogP contribution is 2.55. The van der Waals surface area contributed by atoms with Crippen molar-refractivity contribution in [1.82, 2.24) is 0 Å². The summed E-state index contributed by atoms with van der Waals surface area (Å²) in [5, 5.41) is 4.88. The minimum Gasteiger partial charge on any atom is -0.310 e. The second kappa shape index (κ2) is 23.4. The van der Waals surface area contributed by atoms with Crippen LogP contribution < -0.4 is 26.2 Å². The molecule has 0 saturated carbocycles. The molecular weight excluding hydrogens is 1140 g/mol. The maximum absolute atomic E-state index is 2.68. The molecule has 0 radical (unpaired) electrons. The third-order valence-corrected chi connectivity index (χ3v) is 19.6. The SMILES string of the molecule is c1ccc(-c2ccc3c(c2)B2c4ccc(-c5c6ccccc6c(-c6ccccc6)c6ccccc56)cc4N(c4c(-c5ccccc5)cc(-c5ccccc5)cc4-c4ccccc4)c4cccc(c42)N3c2c(-c3ccccc3)cc(-c3ccccc3)cc2-c2ccccc2)cc1. The largest absolute Gasteiger partial charge is 0.310 e. The summed E-state index contributed by atoms with van der Waals surface area (Å²) in [4.78, 5) is 5.31. The van der Waals surface area contributed by atoms with Crippen molar-refractivity contribution in [2.45, 2.75) is 0 Å². The van der Waals surface area contributed by atoms with Crippen molar-refractivity contribution in [3.8, 4) is 100 Å². The molecule has 0 saturated heterocycles. The monoisotopic (exact) mass is 1200 g/mol. The van der Waals surface area contributed by atoms with E-state index in [1.165, 1.54) is 71.3 Å². The summed E-state index contributed by atoms with van der Waals surface area (Å²) >= 11 is 0. The van der Waals surface area contributed by atoms with E-state index in [1.807, 2.05) is 0 Å². The molecule has 0 atom stereocenters. The summed E-state index contributed by atoms with van der Waals surface area (Å²) in [6.45, 7) is -0.210. The average Bonchev–Trinajstić information content (AvgIpc) is 0.694. The van der Waals surface area contributed by atoms with Gasteiger partial charge in [0.25, 0.3) is 6.71 Å². The van der Waals surface area contributed by atoms with E-state index in [4.69, 9.17) is 0 Å². The van der Waals surface area contributed by atoms with Gasteiger partial charge in [0, 0.05) is 45.0 Å². The number of hydrogen-bond donors (Lipinski definition) is 0. The molecule has 0 N–H and O–H groups in total. The van der Waals surface area contributed by atoms with E-state index in [1.54, 1.807) is 0 Å². The number of rotatable bonds is 11. The molecule has 0 fully saturated rings. The first-order valence-electron chi connectivity index (χ1n) is 32.9. The minimum absolute atomic E-state index is 0.210. The Bertz CT molecular complexity index is 5390. The standard InChI is InChI=1S/C92H61BN2/c1-9-30-62(31-10-1)70-53-55-84-83(60-70)93-82-54-52-71(89-76-48-27-25-46-74(76)88(69-44-23-8-24-45-69)75-47-26-28-49-77(75)89)61-87(82)95(92-80(67-40-19-6-20-41-67)58-73(64-34-13-3-14-35-64)59-81(92)68-42-21-7-22-43-68)86-51-29-50-85(90(86)93)94(84)91-78(65-36-15-4-16-37-65)56-72(63-32-11-2-12-33-63)57-79(91)66-38-17-5-18-39-66/h1-61H. The number of hydrogen-bond acceptors (Lipinski definition) is 2. The van der Waals surface area contributed by atoms with E-state index >= 15 is 0 Å². The molecular formula is C92H61BN2. The highest BCUT2D eigenvalue weighted by atomic mass is 15.2. The van der Waals surface area contributed by atoms with Crippen LogP contribution in [0.25, 0.3) is 122 Å². The van der Waals surface area contributed by atoms with Gasteiger partial charge in [0.2, 0.25) is 0 Å². The predicted molar refractivity (Wildman–Crippen MR) is 404 cm³/mol. The Balaban J connectivity index is 0.993. The van der Waals surface area contributed by atoms with Crippen LogP contribution in [-0.2, 0) is 0 Å². The lowest BCUT2D eigenvalue weighted by atomic mass is 9.33. The van der Waals surface area contributed by atoms with Crippen LogP contribution in [0.2, 0.25) is 0 Å². The first-order valence-corrected chi connectivity index (χ1v) is 32.9. The molecule has 2 aliphatic heterocycles. The van der Waals surface area contributed by atoms with Crippen molar-refractivity contribution >= 4 is 78.8 Å². The van der Waals surface area contributed by atoms with Gasteiger partial charge in [0.05, 0.1) is 11.4 Å². The topological polar surface area (TPSA) is 6.48 Å². The van der Waals surface area contributed by atoms with Crippen LogP contribution in [0.4, 0.5) is 34.1 Å². The van der Waals surface area contributed by atoms with Crippen molar-refractivity contribution in [2.24, 2.45) is 0 Å². The molecule has 442 valence electrons. The second-order valence-corrected chi connectivity index (χ2v) is 25.0. The first-order chi connectivity index (χ1) is 47.2. The quantitative estimate of drug-likeness (QED) is 0.0941. The molecule has 3 heteroatoms. The van der Waals surface area contributed by atoms with Crippen molar-refractivity contribution < 1.29 is 0 Å². The number of nitrogens with zero attached hydrogens (tertiary/aromatic N) is 2. The van der Waals surface area contributed by atoms with Crippen LogP contribution in [0.3, 0.4) is 0 Å². The normalized spacial score (nSPS) is 12.1. The van der Waals surface area contributed by atoms with Crippen LogP contribution in [0, 0.1) is 0 Å². The van der Waals surface area contributed by atoms with Gasteiger partial charge in [-0.25, -0.2) is 0 Å². The number of anilines is 6. The summed E-state index contributed by atoms with van der Waals surface area (Å²) in [6, 6.07) is 138. The summed E-state index contributed by atoms with van der Waals surface area (Å²) in [6.07, 6.45) is 0. The fourth-order valence-corrected chi connectivity index (χ4v) is 15.4. The van der Waals surface area contributed by atoms with E-state index < -0.39 is 0 Å². The van der Waals surface area contributed by atoms with E-state index in [-0.39, 0.29) is 6.71 Å². The van der Waals surface area contributed by atoms with Crippen molar-refractivity contribution in [2.75, 3.05) is 9.80 Å². The third kappa shape index (κ3) is 9.50. The molecule has 2 aliphatic rings. The van der Waals surface area contributed by atoms with Gasteiger partial charge in [-0.05, 0) is 164 Å². The van der Waals surface area contributed by atoms with Gasteiger partial charge in [-0.2, -0.15) is 0 Å². The number of fused-ring (bicyclic) bond motifs is 6. The summed E-state index contributed by atoms with van der Waals surface area (Å²) in [7, 11) is 0. The predicted octanol–water partition coefficient (Wildman–Crippen LogP) is 23.1. The van der Waals surface area contributed by atoms with Crippen molar-refractivity contribution in [3.63, 3.8) is 0 Å². The lowest BCUT2D eigenvalue weighted by molar-refractivity contribution is 1.25. The zero-order valence-corrected chi connectivity index (χ0v) is 52.2. The molecule has 2 heterocycles. The fourth-order valence-electron chi connectivity index (χ4n) is 15.4. The van der Waals surface area contributed by atoms with Gasteiger partial charge in [-0.15, -0.1) is 0 Å². The van der Waals surface area contributed by atoms with Gasteiger partial charge in [0.15, 0.2) is 0 Å². The molecule has 0 unspecified atom stereocenters. The molecule has 16 aromatic carbocycles. The zero-order valence-electron chi connectivity index (χ0n) is 52.2. The molecule has 18 rings (SSSR count). The molecule has 0 spiro atoms. The maximum atomic E-state index is 2.68. The molecule has 0 aromatic heterocycles. The van der Waals surface area contributed by atoms with Crippen LogP contribution in [0.5, 0.6) is 0 Å². The van der Waals surface area contributed by atoms with E-state index in [9.17, 15) is 0 Å². The zero-order chi connectivity index (χ0) is 62.8. The highest BCUT2D eigenvalue weighted by molar-refractivity contribution is 7.00. The van der Waals surface area contributed by atoms with E-state index in [0.29, 0.717) is 0 Å². The Morgan fingerprint density at radius 2 is 0.495 bits per heavy atom. The minimum atomic E-state index is -0.210. The van der Waals surface area contributed by atoms with Gasteiger partial charge in [0.1, 0.15) is 0 Å². The van der Waals surface area contributed by atoms with Gasteiger partial charge < -0.3 is 9.80 Å². The summed E-state index contributed by atoms with van der Waals surface area (Å²) in [5.74, 6) is 0. The Morgan fingerprint density at radius 1 is 0.179 bits per heavy atom. The third-order valence-electron chi connectivity index (χ3n) is 19.6. The van der Waals surface area contributed by atoms with Crippen LogP contribution >= 0.6 is 0 Å². The van der Waals surface area contributed by atoms with E-state index in [2.05, 4.69) is 380 Å². The Kier molecular flexibility index (Phi) is 13.7. The van der Waals surface area contributed by atoms with Crippen molar-refractivity contribution in [3.05, 3.63) is 370 Å². The van der Waals surface area contributed by atoms with Gasteiger partial charge in [-0.1, -0.05) is 322 Å². The Labute approximate surface area is 555 Å². The van der Waals surface area contributed by atoms with Crippen LogP contribution in [-0.4, -0.2) is 6.71 Å². The van der Waals surface area contributed by atoms with Gasteiger partial charge >= 0.3 is 0 Å². The average molecular weight is 1210 g/mol. The molecule has 0 aliphatic carbocycles. The fraction of sp³-hybridized carbons (Fsp3) is 0. The highest BCUT2D eigenvalue weighted by Gasteiger charge is 2.45. The maximum Gasteiger partial charge on any atom is 0.252 e. The number of benzene rings is 16. The van der Waals surface area contributed by atoms with Crippen molar-refractivity contribution in [1.29, 1.82) is 0 Å². The molecule has 16 aromatic rings. The Morgan fingerprint density at radius 3 is 0.884 bits per heavy atom. The Hall–Kier alpha value is -12.3. The second-order valence-electron chi connectivity index (χ2n) is 25.0. The first kappa shape index (κ1) is 55.5. The van der Waals surface area contributed by atoms with Crippen LogP contribution in [0.15, 0.2) is 370 Å². The molecule has 0 amide bonds. The van der Waals surface area contributed by atoms with Gasteiger partial charge in [-0.3, -0.25) is 0 Å². The molecule has 0 bridgehead atoms. The summed E-state index contributed by atoms with van der Waals surface area (Å²) < 4.78 is 0. The van der Waals surface area contributed by atoms with Crippen LogP contribution in [0.1, 0.15) is 0 Å². The summed E-state index contributed by atoms with van der Waals surface area (Å²) in [5.41, 5.74) is 31.3.